The van der Waals surface area contributed by atoms with Crippen LogP contribution in [0.15, 0.2) is 48.5 Å². The van der Waals surface area contributed by atoms with Crippen molar-refractivity contribution in [2.24, 2.45) is 11.8 Å². The van der Waals surface area contributed by atoms with E-state index in [9.17, 15) is 14.0 Å². The van der Waals surface area contributed by atoms with Crippen LogP contribution in [-0.2, 0) is 16.0 Å². The van der Waals surface area contributed by atoms with E-state index in [0.29, 0.717) is 28.7 Å². The quantitative estimate of drug-likeness (QED) is 0.471. The standard InChI is InChI=1S/C26H33FN2O3/c1-17(2)15-29(16-18(3)4)24-11-8-21(19(5)12-26(31)32)14-23(24)28-25(30)13-20-6-9-22(27)10-7-20/h6-12,14,17-18H,13,15-16H2,1-5H3,(H,28,30)(H,31,32)/b19-12+. The van der Waals surface area contributed by atoms with Crippen LogP contribution in [0.4, 0.5) is 15.8 Å². The lowest BCUT2D eigenvalue weighted by molar-refractivity contribution is -0.131. The Kier molecular flexibility index (Phi) is 9.00. The number of benzene rings is 2. The molecule has 32 heavy (non-hydrogen) atoms. The molecule has 2 aromatic rings. The molecule has 0 fully saturated rings. The van der Waals surface area contributed by atoms with Gasteiger partial charge < -0.3 is 15.3 Å². The third-order valence-corrected chi connectivity index (χ3v) is 4.86. The molecule has 0 aromatic heterocycles. The molecule has 0 atom stereocenters. The monoisotopic (exact) mass is 440 g/mol. The molecule has 2 rings (SSSR count). The van der Waals surface area contributed by atoms with Gasteiger partial charge >= 0.3 is 5.97 Å². The molecule has 0 saturated heterocycles. The van der Waals surface area contributed by atoms with Crippen LogP contribution in [0.3, 0.4) is 0 Å². The molecule has 0 heterocycles. The van der Waals surface area contributed by atoms with Crippen LogP contribution in [0.2, 0.25) is 0 Å². The predicted molar refractivity (Wildman–Crippen MR) is 128 cm³/mol. The van der Waals surface area contributed by atoms with Crippen molar-refractivity contribution < 1.29 is 19.1 Å². The SMILES string of the molecule is C/C(=C\C(=O)O)c1ccc(N(CC(C)C)CC(C)C)c(NC(=O)Cc2ccc(F)cc2)c1. The van der Waals surface area contributed by atoms with Gasteiger partial charge in [0.2, 0.25) is 5.91 Å². The van der Waals surface area contributed by atoms with Crippen molar-refractivity contribution in [1.29, 1.82) is 0 Å². The molecule has 0 spiro atoms. The highest BCUT2D eigenvalue weighted by Crippen LogP contribution is 2.31. The molecule has 0 radical (unpaired) electrons. The average molecular weight is 441 g/mol. The van der Waals surface area contributed by atoms with Crippen molar-refractivity contribution in [3.05, 3.63) is 65.5 Å². The molecule has 2 N–H and O–H groups in total. The van der Waals surface area contributed by atoms with Gasteiger partial charge in [-0.2, -0.15) is 0 Å². The zero-order chi connectivity index (χ0) is 23.8. The zero-order valence-corrected chi connectivity index (χ0v) is 19.5. The minimum Gasteiger partial charge on any atom is -0.478 e. The second-order valence-corrected chi connectivity index (χ2v) is 8.94. The lowest BCUT2D eigenvalue weighted by atomic mass is 10.0. The number of carbonyl (C=O) groups excluding carboxylic acids is 1. The van der Waals surface area contributed by atoms with Gasteiger partial charge in [0.05, 0.1) is 17.8 Å². The van der Waals surface area contributed by atoms with E-state index in [4.69, 9.17) is 5.11 Å². The van der Waals surface area contributed by atoms with Crippen molar-refractivity contribution in [1.82, 2.24) is 0 Å². The summed E-state index contributed by atoms with van der Waals surface area (Å²) in [5.41, 5.74) is 3.56. The highest BCUT2D eigenvalue weighted by molar-refractivity contribution is 5.97. The first kappa shape index (κ1) is 25.1. The van der Waals surface area contributed by atoms with E-state index in [-0.39, 0.29) is 18.1 Å². The Balaban J connectivity index is 2.42. The van der Waals surface area contributed by atoms with Crippen molar-refractivity contribution in [3.63, 3.8) is 0 Å². The van der Waals surface area contributed by atoms with E-state index < -0.39 is 5.97 Å². The number of nitrogens with zero attached hydrogens (tertiary/aromatic N) is 1. The Hall–Kier alpha value is -3.15. The number of carboxylic acids is 1. The Morgan fingerprint density at radius 2 is 1.62 bits per heavy atom. The number of allylic oxidation sites excluding steroid dienone is 1. The van der Waals surface area contributed by atoms with Crippen LogP contribution >= 0.6 is 0 Å². The highest BCUT2D eigenvalue weighted by atomic mass is 19.1. The second-order valence-electron chi connectivity index (χ2n) is 8.94. The minimum atomic E-state index is -1.02. The van der Waals surface area contributed by atoms with Crippen LogP contribution in [0.5, 0.6) is 0 Å². The number of carboxylic acid groups (broad SMARTS) is 1. The molecule has 0 aliphatic carbocycles. The van der Waals surface area contributed by atoms with Crippen molar-refractivity contribution >= 4 is 28.8 Å². The summed E-state index contributed by atoms with van der Waals surface area (Å²) < 4.78 is 13.2. The number of carbonyl (C=O) groups is 2. The van der Waals surface area contributed by atoms with Crippen molar-refractivity contribution in [2.45, 2.75) is 41.0 Å². The lowest BCUT2D eigenvalue weighted by Gasteiger charge is -2.31. The first-order chi connectivity index (χ1) is 15.0. The third kappa shape index (κ3) is 7.84. The fraction of sp³-hybridized carbons (Fsp3) is 0.385. The predicted octanol–water partition coefficient (Wildman–Crippen LogP) is 5.61. The van der Waals surface area contributed by atoms with Gasteiger partial charge in [-0.3, -0.25) is 4.79 Å². The number of hydrogen-bond donors (Lipinski definition) is 2. The molecule has 0 bridgehead atoms. The number of aliphatic carboxylic acids is 1. The smallest absolute Gasteiger partial charge is 0.328 e. The maximum atomic E-state index is 13.2. The van der Waals surface area contributed by atoms with Gasteiger partial charge in [-0.15, -0.1) is 0 Å². The molecule has 0 aliphatic heterocycles. The summed E-state index contributed by atoms with van der Waals surface area (Å²) in [5, 5.41) is 12.1. The Morgan fingerprint density at radius 3 is 2.16 bits per heavy atom. The number of hydrogen-bond acceptors (Lipinski definition) is 3. The molecule has 0 aliphatic rings. The van der Waals surface area contributed by atoms with Crippen LogP contribution < -0.4 is 10.2 Å². The molecule has 1 amide bonds. The van der Waals surface area contributed by atoms with E-state index in [1.165, 1.54) is 12.1 Å². The fourth-order valence-corrected chi connectivity index (χ4v) is 3.56. The van der Waals surface area contributed by atoms with E-state index >= 15 is 0 Å². The Morgan fingerprint density at radius 1 is 1.03 bits per heavy atom. The van der Waals surface area contributed by atoms with Crippen LogP contribution in [0.1, 0.15) is 45.7 Å². The van der Waals surface area contributed by atoms with Gasteiger partial charge in [-0.05, 0) is 59.7 Å². The average Bonchev–Trinajstić information content (AvgIpc) is 2.68. The first-order valence-corrected chi connectivity index (χ1v) is 10.9. The normalized spacial score (nSPS) is 11.7. The van der Waals surface area contributed by atoms with Gasteiger partial charge in [-0.1, -0.05) is 45.9 Å². The molecule has 5 nitrogen and oxygen atoms in total. The van der Waals surface area contributed by atoms with Crippen molar-refractivity contribution in [2.75, 3.05) is 23.3 Å². The Labute approximate surface area is 190 Å². The van der Waals surface area contributed by atoms with Crippen LogP contribution in [0, 0.1) is 17.7 Å². The molecule has 2 aromatic carbocycles. The van der Waals surface area contributed by atoms with Gasteiger partial charge in [0, 0.05) is 19.2 Å². The summed E-state index contributed by atoms with van der Waals surface area (Å²) >= 11 is 0. The largest absolute Gasteiger partial charge is 0.478 e. The summed E-state index contributed by atoms with van der Waals surface area (Å²) in [5.74, 6) is -0.740. The molecule has 172 valence electrons. The van der Waals surface area contributed by atoms with E-state index in [1.807, 2.05) is 18.2 Å². The topological polar surface area (TPSA) is 69.6 Å². The maximum Gasteiger partial charge on any atom is 0.328 e. The summed E-state index contributed by atoms with van der Waals surface area (Å²) in [6.07, 6.45) is 1.27. The lowest BCUT2D eigenvalue weighted by Crippen LogP contribution is -2.32. The summed E-state index contributed by atoms with van der Waals surface area (Å²) in [6, 6.07) is 11.5. The third-order valence-electron chi connectivity index (χ3n) is 4.86. The first-order valence-electron chi connectivity index (χ1n) is 10.9. The number of anilines is 2. The molecule has 0 unspecified atom stereocenters. The second kappa shape index (κ2) is 11.5. The van der Waals surface area contributed by atoms with E-state index in [2.05, 4.69) is 37.9 Å². The van der Waals surface area contributed by atoms with Gasteiger partial charge in [0.15, 0.2) is 0 Å². The zero-order valence-electron chi connectivity index (χ0n) is 19.5. The number of rotatable bonds is 10. The molecule has 6 heteroatoms. The maximum absolute atomic E-state index is 13.2. The molecular formula is C26H33FN2O3. The number of nitrogens with one attached hydrogen (secondary N) is 1. The van der Waals surface area contributed by atoms with Gasteiger partial charge in [0.1, 0.15) is 5.82 Å². The summed E-state index contributed by atoms with van der Waals surface area (Å²) in [6.45, 7) is 12.0. The molecular weight excluding hydrogens is 407 g/mol. The van der Waals surface area contributed by atoms with E-state index in [1.54, 1.807) is 19.1 Å². The highest BCUT2D eigenvalue weighted by Gasteiger charge is 2.17. The number of halogens is 1. The minimum absolute atomic E-state index is 0.113. The summed E-state index contributed by atoms with van der Waals surface area (Å²) in [7, 11) is 0. The van der Waals surface area contributed by atoms with E-state index in [0.717, 1.165) is 30.4 Å². The Bertz CT molecular complexity index is 956. The van der Waals surface area contributed by atoms with Crippen molar-refractivity contribution in [3.8, 4) is 0 Å². The van der Waals surface area contributed by atoms with Gasteiger partial charge in [0.25, 0.3) is 0 Å². The van der Waals surface area contributed by atoms with Gasteiger partial charge in [-0.25, -0.2) is 9.18 Å². The number of amides is 1. The fourth-order valence-electron chi connectivity index (χ4n) is 3.56. The van der Waals surface area contributed by atoms with Crippen LogP contribution in [-0.4, -0.2) is 30.1 Å². The molecule has 0 saturated carbocycles. The van der Waals surface area contributed by atoms with Crippen LogP contribution in [0.25, 0.3) is 5.57 Å². The summed E-state index contributed by atoms with van der Waals surface area (Å²) in [4.78, 5) is 26.2.